The fourth-order valence-corrected chi connectivity index (χ4v) is 1.49. The second-order valence-electron chi connectivity index (χ2n) is 3.95. The van der Waals surface area contributed by atoms with Crippen molar-refractivity contribution in [3.63, 3.8) is 0 Å². The van der Waals surface area contributed by atoms with Gasteiger partial charge in [0.15, 0.2) is 0 Å². The predicted octanol–water partition coefficient (Wildman–Crippen LogP) is 1.76. The van der Waals surface area contributed by atoms with Crippen molar-refractivity contribution in [3.05, 3.63) is 29.3 Å². The van der Waals surface area contributed by atoms with Gasteiger partial charge in [0.25, 0.3) is 0 Å². The number of hydrogen-bond donors (Lipinski definition) is 2. The van der Waals surface area contributed by atoms with Gasteiger partial charge in [0, 0.05) is 19.8 Å². The van der Waals surface area contributed by atoms with Crippen LogP contribution < -0.4 is 10.6 Å². The fourth-order valence-electron chi connectivity index (χ4n) is 1.49. The van der Waals surface area contributed by atoms with E-state index >= 15 is 0 Å². The van der Waals surface area contributed by atoms with Gasteiger partial charge < -0.3 is 15.7 Å². The van der Waals surface area contributed by atoms with Crippen LogP contribution in [0, 0.1) is 0 Å². The number of halogens is 3. The van der Waals surface area contributed by atoms with Crippen LogP contribution in [0.3, 0.4) is 0 Å². The molecular weight excluding hydrogens is 233 g/mol. The lowest BCUT2D eigenvalue weighted by Gasteiger charge is -2.20. The van der Waals surface area contributed by atoms with Gasteiger partial charge in [-0.2, -0.15) is 13.2 Å². The molecule has 96 valence electrons. The number of nitrogens with zero attached hydrogens (tertiary/aromatic N) is 1. The van der Waals surface area contributed by atoms with E-state index in [9.17, 15) is 13.2 Å². The molecule has 6 heteroatoms. The number of benzene rings is 1. The Morgan fingerprint density at radius 1 is 1.35 bits per heavy atom. The lowest BCUT2D eigenvalue weighted by atomic mass is 10.00. The van der Waals surface area contributed by atoms with E-state index in [1.807, 2.05) is 0 Å². The predicted molar refractivity (Wildman–Crippen MR) is 59.8 cm³/mol. The highest BCUT2D eigenvalue weighted by Crippen LogP contribution is 2.35. The third kappa shape index (κ3) is 3.10. The number of aliphatic hydroxyl groups is 1. The topological polar surface area (TPSA) is 49.5 Å². The van der Waals surface area contributed by atoms with Crippen molar-refractivity contribution in [1.82, 2.24) is 0 Å². The summed E-state index contributed by atoms with van der Waals surface area (Å²) < 4.78 is 38.2. The van der Waals surface area contributed by atoms with E-state index in [0.29, 0.717) is 5.69 Å². The molecule has 0 bridgehead atoms. The minimum Gasteiger partial charge on any atom is -0.394 e. The molecule has 1 atom stereocenters. The SMILES string of the molecule is CN(C)c1ccc(C(F)(F)F)c(C(N)CO)c1. The lowest BCUT2D eigenvalue weighted by molar-refractivity contribution is -0.138. The average Bonchev–Trinajstić information content (AvgIpc) is 2.25. The summed E-state index contributed by atoms with van der Waals surface area (Å²) in [6.07, 6.45) is -4.47. The summed E-state index contributed by atoms with van der Waals surface area (Å²) in [5.41, 5.74) is 5.21. The largest absolute Gasteiger partial charge is 0.416 e. The van der Waals surface area contributed by atoms with Crippen LogP contribution in [0.4, 0.5) is 18.9 Å². The smallest absolute Gasteiger partial charge is 0.394 e. The van der Waals surface area contributed by atoms with Crippen LogP contribution in [0.15, 0.2) is 18.2 Å². The van der Waals surface area contributed by atoms with Gasteiger partial charge in [-0.25, -0.2) is 0 Å². The van der Waals surface area contributed by atoms with Crippen molar-refractivity contribution in [3.8, 4) is 0 Å². The van der Waals surface area contributed by atoms with Gasteiger partial charge in [-0.05, 0) is 23.8 Å². The maximum Gasteiger partial charge on any atom is 0.416 e. The maximum absolute atomic E-state index is 12.7. The molecule has 3 N–H and O–H groups in total. The molecule has 0 spiro atoms. The zero-order valence-corrected chi connectivity index (χ0v) is 9.62. The number of hydrogen-bond acceptors (Lipinski definition) is 3. The Labute approximate surface area is 97.6 Å². The molecule has 0 aliphatic carbocycles. The number of alkyl halides is 3. The number of rotatable bonds is 3. The summed E-state index contributed by atoms with van der Waals surface area (Å²) >= 11 is 0. The first-order chi connectivity index (χ1) is 7.77. The summed E-state index contributed by atoms with van der Waals surface area (Å²) in [5.74, 6) is 0. The molecule has 1 rings (SSSR count). The third-order valence-corrected chi connectivity index (χ3v) is 2.45. The van der Waals surface area contributed by atoms with Crippen LogP contribution >= 0.6 is 0 Å². The molecule has 1 aromatic rings. The number of aliphatic hydroxyl groups excluding tert-OH is 1. The Morgan fingerprint density at radius 3 is 2.35 bits per heavy atom. The van der Waals surface area contributed by atoms with Gasteiger partial charge >= 0.3 is 6.18 Å². The van der Waals surface area contributed by atoms with Gasteiger partial charge in [-0.3, -0.25) is 0 Å². The maximum atomic E-state index is 12.7. The van der Waals surface area contributed by atoms with Crippen molar-refractivity contribution >= 4 is 5.69 Å². The number of anilines is 1. The molecule has 0 aliphatic heterocycles. The molecule has 0 fully saturated rings. The van der Waals surface area contributed by atoms with Crippen molar-refractivity contribution in [2.45, 2.75) is 12.2 Å². The molecular formula is C11H15F3N2O. The molecule has 1 aromatic carbocycles. The lowest BCUT2D eigenvalue weighted by Crippen LogP contribution is -2.21. The van der Waals surface area contributed by atoms with Crippen LogP contribution in [0.2, 0.25) is 0 Å². The molecule has 1 unspecified atom stereocenters. The summed E-state index contributed by atoms with van der Waals surface area (Å²) in [5, 5.41) is 8.90. The quantitative estimate of drug-likeness (QED) is 0.857. The first-order valence-electron chi connectivity index (χ1n) is 5.02. The molecule has 17 heavy (non-hydrogen) atoms. The zero-order chi connectivity index (χ0) is 13.2. The summed E-state index contributed by atoms with van der Waals surface area (Å²) in [7, 11) is 3.44. The van der Waals surface area contributed by atoms with E-state index in [0.717, 1.165) is 6.07 Å². The monoisotopic (exact) mass is 248 g/mol. The molecule has 3 nitrogen and oxygen atoms in total. The van der Waals surface area contributed by atoms with Crippen LogP contribution in [-0.4, -0.2) is 25.8 Å². The molecule has 0 saturated heterocycles. The molecule has 0 saturated carbocycles. The fraction of sp³-hybridized carbons (Fsp3) is 0.455. The Bertz CT molecular complexity index is 391. The minimum absolute atomic E-state index is 0.0915. The van der Waals surface area contributed by atoms with E-state index in [1.54, 1.807) is 19.0 Å². The highest BCUT2D eigenvalue weighted by atomic mass is 19.4. The van der Waals surface area contributed by atoms with E-state index in [4.69, 9.17) is 10.8 Å². The molecule has 0 amide bonds. The van der Waals surface area contributed by atoms with Gasteiger partial charge in [0.1, 0.15) is 0 Å². The van der Waals surface area contributed by atoms with Gasteiger partial charge in [-0.1, -0.05) is 0 Å². The average molecular weight is 248 g/mol. The van der Waals surface area contributed by atoms with Crippen LogP contribution in [0.25, 0.3) is 0 Å². The molecule has 0 radical (unpaired) electrons. The van der Waals surface area contributed by atoms with Crippen molar-refractivity contribution < 1.29 is 18.3 Å². The van der Waals surface area contributed by atoms with E-state index in [-0.39, 0.29) is 5.56 Å². The van der Waals surface area contributed by atoms with Crippen molar-refractivity contribution in [2.24, 2.45) is 5.73 Å². The van der Waals surface area contributed by atoms with Crippen molar-refractivity contribution in [2.75, 3.05) is 25.6 Å². The second-order valence-corrected chi connectivity index (χ2v) is 3.95. The molecule has 0 aliphatic rings. The Kier molecular flexibility index (Phi) is 4.00. The van der Waals surface area contributed by atoms with Crippen LogP contribution in [0.1, 0.15) is 17.2 Å². The summed E-state index contributed by atoms with van der Waals surface area (Å²) in [6.45, 7) is -0.528. The number of nitrogens with two attached hydrogens (primary N) is 1. The van der Waals surface area contributed by atoms with E-state index < -0.39 is 24.4 Å². The summed E-state index contributed by atoms with van der Waals surface area (Å²) in [4.78, 5) is 1.67. The van der Waals surface area contributed by atoms with Crippen molar-refractivity contribution in [1.29, 1.82) is 0 Å². The Balaban J connectivity index is 3.32. The first kappa shape index (κ1) is 13.8. The standard InChI is InChI=1S/C11H15F3N2O/c1-16(2)7-3-4-9(11(12,13)14)8(5-7)10(15)6-17/h3-5,10,17H,6,15H2,1-2H3. The molecule has 0 aromatic heterocycles. The van der Waals surface area contributed by atoms with E-state index in [1.165, 1.54) is 12.1 Å². The zero-order valence-electron chi connectivity index (χ0n) is 9.62. The van der Waals surface area contributed by atoms with Crippen LogP contribution in [0.5, 0.6) is 0 Å². The second kappa shape index (κ2) is 4.93. The van der Waals surface area contributed by atoms with Gasteiger partial charge in [0.05, 0.1) is 18.2 Å². The normalized spacial score (nSPS) is 13.6. The van der Waals surface area contributed by atoms with E-state index in [2.05, 4.69) is 0 Å². The van der Waals surface area contributed by atoms with Crippen LogP contribution in [-0.2, 0) is 6.18 Å². The Morgan fingerprint density at radius 2 is 1.94 bits per heavy atom. The van der Waals surface area contributed by atoms with Gasteiger partial charge in [-0.15, -0.1) is 0 Å². The molecule has 0 heterocycles. The highest BCUT2D eigenvalue weighted by Gasteiger charge is 2.34. The first-order valence-corrected chi connectivity index (χ1v) is 5.02. The third-order valence-electron chi connectivity index (χ3n) is 2.45. The Hall–Kier alpha value is -1.27. The minimum atomic E-state index is -4.47. The van der Waals surface area contributed by atoms with Gasteiger partial charge in [0.2, 0.25) is 0 Å². The highest BCUT2D eigenvalue weighted by molar-refractivity contribution is 5.51. The summed E-state index contributed by atoms with van der Waals surface area (Å²) in [6, 6.07) is 2.67.